The van der Waals surface area contributed by atoms with Crippen LogP contribution in [0.15, 0.2) is 12.1 Å². The molecule has 90 valence electrons. The summed E-state index contributed by atoms with van der Waals surface area (Å²) in [7, 11) is 1.98. The van der Waals surface area contributed by atoms with E-state index in [4.69, 9.17) is 23.2 Å². The molecule has 0 aliphatic rings. The summed E-state index contributed by atoms with van der Waals surface area (Å²) in [6.45, 7) is 4.91. The highest BCUT2D eigenvalue weighted by atomic mass is 35.5. The molecule has 0 atom stereocenters. The summed E-state index contributed by atoms with van der Waals surface area (Å²) in [6.07, 6.45) is 0. The Morgan fingerprint density at radius 1 is 1.24 bits per heavy atom. The number of fused-ring (bicyclic) bond motifs is 1. The van der Waals surface area contributed by atoms with Crippen molar-refractivity contribution < 1.29 is 0 Å². The van der Waals surface area contributed by atoms with Crippen LogP contribution in [0, 0.1) is 6.92 Å². The summed E-state index contributed by atoms with van der Waals surface area (Å²) in [5, 5.41) is 1.91. The molecule has 0 N–H and O–H groups in total. The molecule has 0 saturated heterocycles. The molecule has 0 fully saturated rings. The second kappa shape index (κ2) is 4.67. The van der Waals surface area contributed by atoms with E-state index < -0.39 is 0 Å². The van der Waals surface area contributed by atoms with Gasteiger partial charge < -0.3 is 4.90 Å². The summed E-state index contributed by atoms with van der Waals surface area (Å²) in [6, 6.07) is 3.72. The number of rotatable bonds is 2. The minimum atomic E-state index is 0.245. The Labute approximate surface area is 110 Å². The van der Waals surface area contributed by atoms with E-state index in [1.54, 1.807) is 0 Å². The number of hydrogen-bond acceptors (Lipinski definition) is 3. The maximum atomic E-state index is 6.02. The summed E-state index contributed by atoms with van der Waals surface area (Å²) in [5.74, 6) is 0.844. The van der Waals surface area contributed by atoms with Crippen LogP contribution >= 0.6 is 23.2 Å². The molecule has 0 spiro atoms. The molecule has 1 heterocycles. The van der Waals surface area contributed by atoms with E-state index in [-0.39, 0.29) is 5.28 Å². The molecule has 0 aliphatic carbocycles. The van der Waals surface area contributed by atoms with Gasteiger partial charge in [-0.2, -0.15) is 4.98 Å². The monoisotopic (exact) mass is 269 g/mol. The van der Waals surface area contributed by atoms with E-state index in [0.29, 0.717) is 5.02 Å². The fourth-order valence-corrected chi connectivity index (χ4v) is 2.24. The third-order valence-electron chi connectivity index (χ3n) is 2.75. The van der Waals surface area contributed by atoms with E-state index in [2.05, 4.69) is 16.9 Å². The SMILES string of the molecule is CCN(C)c1nc(Cl)nc2cc(Cl)cc(C)c12. The van der Waals surface area contributed by atoms with E-state index in [1.807, 2.05) is 31.0 Å². The van der Waals surface area contributed by atoms with Crippen molar-refractivity contribution in [1.29, 1.82) is 0 Å². The molecule has 0 unspecified atom stereocenters. The van der Waals surface area contributed by atoms with Gasteiger partial charge in [0.2, 0.25) is 5.28 Å². The predicted octanol–water partition coefficient (Wildman–Crippen LogP) is 3.70. The second-order valence-corrected chi connectivity index (χ2v) is 4.72. The van der Waals surface area contributed by atoms with E-state index in [9.17, 15) is 0 Å². The molecule has 1 aromatic heterocycles. The molecular formula is C12H13Cl2N3. The van der Waals surface area contributed by atoms with Crippen molar-refractivity contribution in [1.82, 2.24) is 9.97 Å². The molecule has 2 aromatic rings. The number of anilines is 1. The van der Waals surface area contributed by atoms with Crippen molar-refractivity contribution in [2.75, 3.05) is 18.5 Å². The average Bonchev–Trinajstić information content (AvgIpc) is 2.25. The fraction of sp³-hybridized carbons (Fsp3) is 0.333. The van der Waals surface area contributed by atoms with Crippen LogP contribution in [0.4, 0.5) is 5.82 Å². The van der Waals surface area contributed by atoms with Crippen LogP contribution in [0.5, 0.6) is 0 Å². The molecule has 3 nitrogen and oxygen atoms in total. The first-order valence-electron chi connectivity index (χ1n) is 5.37. The zero-order chi connectivity index (χ0) is 12.6. The van der Waals surface area contributed by atoms with Crippen molar-refractivity contribution in [3.8, 4) is 0 Å². The van der Waals surface area contributed by atoms with Crippen LogP contribution in [0.25, 0.3) is 10.9 Å². The topological polar surface area (TPSA) is 29.0 Å². The van der Waals surface area contributed by atoms with E-state index >= 15 is 0 Å². The Morgan fingerprint density at radius 3 is 2.59 bits per heavy atom. The molecule has 0 amide bonds. The molecule has 17 heavy (non-hydrogen) atoms. The largest absolute Gasteiger partial charge is 0.359 e. The molecule has 0 aliphatic heterocycles. The smallest absolute Gasteiger partial charge is 0.224 e. The van der Waals surface area contributed by atoms with Gasteiger partial charge >= 0.3 is 0 Å². The van der Waals surface area contributed by atoms with Crippen molar-refractivity contribution in [3.05, 3.63) is 28.0 Å². The number of benzene rings is 1. The highest BCUT2D eigenvalue weighted by Gasteiger charge is 2.12. The van der Waals surface area contributed by atoms with Gasteiger partial charge in [-0.15, -0.1) is 0 Å². The Kier molecular flexibility index (Phi) is 3.40. The average molecular weight is 270 g/mol. The minimum absolute atomic E-state index is 0.245. The van der Waals surface area contributed by atoms with Crippen molar-refractivity contribution in [2.24, 2.45) is 0 Å². The first kappa shape index (κ1) is 12.4. The van der Waals surface area contributed by atoms with Crippen molar-refractivity contribution in [3.63, 3.8) is 0 Å². The molecular weight excluding hydrogens is 257 g/mol. The van der Waals surface area contributed by atoms with Gasteiger partial charge in [0.05, 0.1) is 5.52 Å². The van der Waals surface area contributed by atoms with Gasteiger partial charge in [-0.25, -0.2) is 4.98 Å². The Balaban J connectivity index is 2.82. The Bertz CT molecular complexity index is 564. The van der Waals surface area contributed by atoms with Crippen molar-refractivity contribution in [2.45, 2.75) is 13.8 Å². The van der Waals surface area contributed by atoms with Crippen LogP contribution in [0.2, 0.25) is 10.3 Å². The molecule has 0 bridgehead atoms. The number of nitrogens with zero attached hydrogens (tertiary/aromatic N) is 3. The van der Waals surface area contributed by atoms with Gasteiger partial charge in [0.1, 0.15) is 5.82 Å². The second-order valence-electron chi connectivity index (χ2n) is 3.95. The zero-order valence-electron chi connectivity index (χ0n) is 9.96. The van der Waals surface area contributed by atoms with Gasteiger partial charge in [-0.3, -0.25) is 0 Å². The number of hydrogen-bond donors (Lipinski definition) is 0. The quantitative estimate of drug-likeness (QED) is 0.779. The predicted molar refractivity (Wildman–Crippen MR) is 73.2 cm³/mol. The molecule has 5 heteroatoms. The van der Waals surface area contributed by atoms with Crippen molar-refractivity contribution >= 4 is 39.9 Å². The number of aromatic nitrogens is 2. The third-order valence-corrected chi connectivity index (χ3v) is 3.14. The van der Waals surface area contributed by atoms with Crippen LogP contribution in [-0.2, 0) is 0 Å². The van der Waals surface area contributed by atoms with Gasteiger partial charge in [-0.05, 0) is 43.1 Å². The standard InChI is InChI=1S/C12H13Cl2N3/c1-4-17(3)11-10-7(2)5-8(13)6-9(10)15-12(14)16-11/h5-6H,4H2,1-3H3. The highest BCUT2D eigenvalue weighted by molar-refractivity contribution is 6.32. The summed E-state index contributed by atoms with van der Waals surface area (Å²) < 4.78 is 0. The molecule has 0 saturated carbocycles. The van der Waals surface area contributed by atoms with Gasteiger partial charge in [0, 0.05) is 24.0 Å². The number of halogens is 2. The minimum Gasteiger partial charge on any atom is -0.359 e. The first-order valence-corrected chi connectivity index (χ1v) is 6.13. The maximum absolute atomic E-state index is 6.02. The summed E-state index contributed by atoms with van der Waals surface area (Å²) in [5.41, 5.74) is 1.84. The summed E-state index contributed by atoms with van der Waals surface area (Å²) >= 11 is 12.0. The number of aryl methyl sites for hydroxylation is 1. The van der Waals surface area contributed by atoms with Crippen LogP contribution < -0.4 is 4.90 Å². The molecule has 2 rings (SSSR count). The first-order chi connectivity index (χ1) is 8.02. The fourth-order valence-electron chi connectivity index (χ4n) is 1.80. The van der Waals surface area contributed by atoms with Gasteiger partial charge in [0.15, 0.2) is 0 Å². The Morgan fingerprint density at radius 2 is 1.94 bits per heavy atom. The van der Waals surface area contributed by atoms with Crippen LogP contribution in [0.1, 0.15) is 12.5 Å². The normalized spacial score (nSPS) is 10.9. The third kappa shape index (κ3) is 2.31. The maximum Gasteiger partial charge on any atom is 0.224 e. The highest BCUT2D eigenvalue weighted by Crippen LogP contribution is 2.30. The van der Waals surface area contributed by atoms with Crippen LogP contribution in [-0.4, -0.2) is 23.6 Å². The molecule has 1 aromatic carbocycles. The van der Waals surface area contributed by atoms with E-state index in [1.165, 1.54) is 0 Å². The lowest BCUT2D eigenvalue weighted by molar-refractivity contribution is 0.939. The Hall–Kier alpha value is -1.06. The lowest BCUT2D eigenvalue weighted by Crippen LogP contribution is -2.18. The van der Waals surface area contributed by atoms with E-state index in [0.717, 1.165) is 28.8 Å². The lowest BCUT2D eigenvalue weighted by Gasteiger charge is -2.18. The van der Waals surface area contributed by atoms with Crippen LogP contribution in [0.3, 0.4) is 0 Å². The molecule has 0 radical (unpaired) electrons. The summed E-state index contributed by atoms with van der Waals surface area (Å²) in [4.78, 5) is 10.6. The zero-order valence-corrected chi connectivity index (χ0v) is 11.5. The lowest BCUT2D eigenvalue weighted by atomic mass is 10.1. The van der Waals surface area contributed by atoms with Gasteiger partial charge in [0.25, 0.3) is 0 Å². The van der Waals surface area contributed by atoms with Gasteiger partial charge in [-0.1, -0.05) is 11.6 Å².